The van der Waals surface area contributed by atoms with Gasteiger partial charge in [-0.25, -0.2) is 9.37 Å². The van der Waals surface area contributed by atoms with Crippen molar-refractivity contribution < 1.29 is 23.5 Å². The fourth-order valence-corrected chi connectivity index (χ4v) is 5.10. The van der Waals surface area contributed by atoms with E-state index in [-0.39, 0.29) is 11.3 Å². The van der Waals surface area contributed by atoms with Gasteiger partial charge in [0.05, 0.1) is 39.9 Å². The first-order chi connectivity index (χ1) is 18.9. The highest BCUT2D eigenvalue weighted by Gasteiger charge is 2.28. The Morgan fingerprint density at radius 1 is 1.10 bits per heavy atom. The van der Waals surface area contributed by atoms with Crippen molar-refractivity contribution >= 4 is 39.1 Å². The maximum absolute atomic E-state index is 15.2. The van der Waals surface area contributed by atoms with Crippen molar-refractivity contribution in [1.29, 1.82) is 0 Å². The van der Waals surface area contributed by atoms with Gasteiger partial charge in [-0.3, -0.25) is 14.6 Å². The quantitative estimate of drug-likeness (QED) is 0.242. The normalized spacial score (nSPS) is 11.8. The topological polar surface area (TPSA) is 121 Å². The molecule has 3 heterocycles. The van der Waals surface area contributed by atoms with Gasteiger partial charge in [-0.1, -0.05) is 18.2 Å². The number of thiophene rings is 1. The second-order valence-corrected chi connectivity index (χ2v) is 9.59. The number of nitrogens with two attached hydrogens (primary N) is 1. The fourth-order valence-electron chi connectivity index (χ4n) is 4.08. The van der Waals surface area contributed by atoms with E-state index in [9.17, 15) is 9.59 Å². The summed E-state index contributed by atoms with van der Waals surface area (Å²) >= 11 is 1.44. The van der Waals surface area contributed by atoms with Crippen molar-refractivity contribution in [2.24, 2.45) is 5.73 Å². The molecule has 0 aliphatic carbocycles. The van der Waals surface area contributed by atoms with Gasteiger partial charge in [-0.05, 0) is 42.8 Å². The van der Waals surface area contributed by atoms with Gasteiger partial charge in [0.2, 0.25) is 11.8 Å². The third kappa shape index (κ3) is 5.30. The standard InChI is InChI=1S/C28H24FN5O4S/c1-3-34-14-20(32-15-34)24-13-19-26(39-24)23(10-11-31-19)38-21-9-8-16(12-17(21)29)25(27(30)35)28(36)33-18-6-4-5-7-22(18)37-2/h4-15,25H,3H2,1-2H3,(H2,30,35)(H,33,36). The zero-order valence-corrected chi connectivity index (χ0v) is 21.9. The second kappa shape index (κ2) is 10.9. The summed E-state index contributed by atoms with van der Waals surface area (Å²) in [5, 5.41) is 2.63. The van der Waals surface area contributed by atoms with Gasteiger partial charge in [-0.15, -0.1) is 11.3 Å². The molecule has 0 aliphatic heterocycles. The summed E-state index contributed by atoms with van der Waals surface area (Å²) in [7, 11) is 1.46. The molecule has 0 spiro atoms. The number of aromatic nitrogens is 3. The van der Waals surface area contributed by atoms with Gasteiger partial charge in [0.25, 0.3) is 0 Å². The lowest BCUT2D eigenvalue weighted by atomic mass is 9.97. The molecule has 1 atom stereocenters. The third-order valence-electron chi connectivity index (χ3n) is 6.05. The maximum atomic E-state index is 15.2. The summed E-state index contributed by atoms with van der Waals surface area (Å²) in [5.41, 5.74) is 7.48. The molecule has 0 aliphatic rings. The van der Waals surface area contributed by atoms with Crippen LogP contribution in [0.2, 0.25) is 0 Å². The minimum Gasteiger partial charge on any atom is -0.495 e. The Labute approximate surface area is 227 Å². The number of nitrogens with zero attached hydrogens (tertiary/aromatic N) is 3. The average Bonchev–Trinajstić information content (AvgIpc) is 3.58. The van der Waals surface area contributed by atoms with Crippen LogP contribution >= 0.6 is 11.3 Å². The number of aryl methyl sites for hydroxylation is 1. The van der Waals surface area contributed by atoms with Gasteiger partial charge >= 0.3 is 0 Å². The first kappa shape index (κ1) is 25.9. The van der Waals surface area contributed by atoms with E-state index in [1.54, 1.807) is 42.9 Å². The second-order valence-electron chi connectivity index (χ2n) is 8.54. The van der Waals surface area contributed by atoms with Crippen LogP contribution < -0.4 is 20.5 Å². The van der Waals surface area contributed by atoms with Crippen molar-refractivity contribution in [3.05, 3.63) is 84.7 Å². The first-order valence-corrected chi connectivity index (χ1v) is 12.8. The summed E-state index contributed by atoms with van der Waals surface area (Å²) in [4.78, 5) is 34.9. The lowest BCUT2D eigenvalue weighted by Crippen LogP contribution is -2.32. The van der Waals surface area contributed by atoms with E-state index in [0.29, 0.717) is 22.7 Å². The van der Waals surface area contributed by atoms with E-state index >= 15 is 4.39 Å². The Kier molecular flexibility index (Phi) is 7.24. The number of imidazole rings is 1. The van der Waals surface area contributed by atoms with Crippen LogP contribution in [-0.2, 0) is 16.1 Å². The molecular formula is C28H24FN5O4S. The molecule has 0 saturated carbocycles. The predicted molar refractivity (Wildman–Crippen MR) is 147 cm³/mol. The number of primary amides is 1. The van der Waals surface area contributed by atoms with Gasteiger partial charge in [0.15, 0.2) is 11.6 Å². The molecule has 1 unspecified atom stereocenters. The molecule has 39 heavy (non-hydrogen) atoms. The van der Waals surface area contributed by atoms with Gasteiger partial charge in [0.1, 0.15) is 17.4 Å². The van der Waals surface area contributed by atoms with Crippen LogP contribution in [0, 0.1) is 5.82 Å². The lowest BCUT2D eigenvalue weighted by molar-refractivity contribution is -0.127. The number of ether oxygens (including phenoxy) is 2. The van der Waals surface area contributed by atoms with Gasteiger partial charge in [-0.2, -0.15) is 0 Å². The van der Waals surface area contributed by atoms with Gasteiger partial charge < -0.3 is 25.1 Å². The third-order valence-corrected chi connectivity index (χ3v) is 7.21. The lowest BCUT2D eigenvalue weighted by Gasteiger charge is -2.16. The van der Waals surface area contributed by atoms with Crippen LogP contribution in [0.1, 0.15) is 18.4 Å². The summed E-state index contributed by atoms with van der Waals surface area (Å²) in [5.74, 6) is -3.09. The monoisotopic (exact) mass is 545 g/mol. The molecule has 0 fully saturated rings. The summed E-state index contributed by atoms with van der Waals surface area (Å²) in [6.45, 7) is 2.83. The number of fused-ring (bicyclic) bond motifs is 1. The van der Waals surface area contributed by atoms with Crippen LogP contribution in [-0.4, -0.2) is 33.5 Å². The Morgan fingerprint density at radius 2 is 1.92 bits per heavy atom. The Balaban J connectivity index is 1.40. The Bertz CT molecular complexity index is 1680. The molecule has 0 bridgehead atoms. The van der Waals surface area contributed by atoms with Crippen molar-refractivity contribution in [1.82, 2.24) is 14.5 Å². The van der Waals surface area contributed by atoms with Crippen LogP contribution in [0.15, 0.2) is 73.3 Å². The molecular weight excluding hydrogens is 521 g/mol. The van der Waals surface area contributed by atoms with Crippen LogP contribution in [0.4, 0.5) is 10.1 Å². The van der Waals surface area contributed by atoms with Crippen LogP contribution in [0.25, 0.3) is 20.8 Å². The van der Waals surface area contributed by atoms with Crippen LogP contribution in [0.5, 0.6) is 17.2 Å². The van der Waals surface area contributed by atoms with Crippen molar-refractivity contribution in [3.63, 3.8) is 0 Å². The number of methoxy groups -OCH3 is 1. The SMILES string of the molecule is CCn1cnc(-c2cc3nccc(Oc4ccc(C(C(N)=O)C(=O)Nc5ccccc5OC)cc4F)c3s2)c1. The summed E-state index contributed by atoms with van der Waals surface area (Å²) in [6, 6.07) is 14.1. The largest absolute Gasteiger partial charge is 0.495 e. The van der Waals surface area contributed by atoms with E-state index in [2.05, 4.69) is 15.3 Å². The summed E-state index contributed by atoms with van der Waals surface area (Å²) < 4.78 is 29.1. The first-order valence-electron chi connectivity index (χ1n) is 12.0. The Morgan fingerprint density at radius 3 is 2.64 bits per heavy atom. The molecule has 2 aromatic carbocycles. The minimum absolute atomic E-state index is 0.0789. The zero-order valence-electron chi connectivity index (χ0n) is 21.1. The number of anilines is 1. The average molecular weight is 546 g/mol. The molecule has 2 amide bonds. The number of carbonyl (C=O) groups is 2. The van der Waals surface area contributed by atoms with Crippen molar-refractivity contribution in [2.75, 3.05) is 12.4 Å². The number of nitrogens with one attached hydrogen (secondary N) is 1. The molecule has 198 valence electrons. The Hall–Kier alpha value is -4.77. The molecule has 0 radical (unpaired) electrons. The number of amides is 2. The number of hydrogen-bond acceptors (Lipinski definition) is 7. The molecule has 5 aromatic rings. The molecule has 5 rings (SSSR count). The molecule has 0 saturated heterocycles. The van der Waals surface area contributed by atoms with E-state index in [1.807, 2.05) is 23.8 Å². The highest BCUT2D eigenvalue weighted by molar-refractivity contribution is 7.22. The number of halogens is 1. The van der Waals surface area contributed by atoms with E-state index in [1.165, 1.54) is 30.6 Å². The number of carbonyl (C=O) groups excluding carboxylic acids is 2. The number of benzene rings is 2. The summed E-state index contributed by atoms with van der Waals surface area (Å²) in [6.07, 6.45) is 5.29. The van der Waals surface area contributed by atoms with E-state index in [0.717, 1.165) is 27.9 Å². The molecule has 11 heteroatoms. The predicted octanol–water partition coefficient (Wildman–Crippen LogP) is 5.33. The smallest absolute Gasteiger partial charge is 0.241 e. The number of para-hydroxylation sites is 2. The van der Waals surface area contributed by atoms with Crippen molar-refractivity contribution in [3.8, 4) is 27.8 Å². The fraction of sp³-hybridized carbons (Fsp3) is 0.143. The molecule has 3 N–H and O–H groups in total. The number of rotatable bonds is 9. The highest BCUT2D eigenvalue weighted by atomic mass is 32.1. The van der Waals surface area contributed by atoms with Crippen LogP contribution in [0.3, 0.4) is 0 Å². The number of hydrogen-bond donors (Lipinski definition) is 2. The number of pyridine rings is 1. The highest BCUT2D eigenvalue weighted by Crippen LogP contribution is 2.39. The molecule has 3 aromatic heterocycles. The van der Waals surface area contributed by atoms with Gasteiger partial charge in [0, 0.05) is 25.0 Å². The maximum Gasteiger partial charge on any atom is 0.241 e. The van der Waals surface area contributed by atoms with E-state index < -0.39 is 23.5 Å². The zero-order chi connectivity index (χ0) is 27.5. The minimum atomic E-state index is -1.44. The van der Waals surface area contributed by atoms with Crippen molar-refractivity contribution in [2.45, 2.75) is 19.4 Å². The van der Waals surface area contributed by atoms with E-state index in [4.69, 9.17) is 15.2 Å². The molecule has 9 nitrogen and oxygen atoms in total.